The predicted molar refractivity (Wildman–Crippen MR) is 111 cm³/mol. The molecule has 0 saturated carbocycles. The molecule has 0 bridgehead atoms. The molecule has 0 amide bonds. The first kappa shape index (κ1) is 22.7. The number of aldehydes is 1. The Labute approximate surface area is 164 Å². The van der Waals surface area contributed by atoms with Crippen LogP contribution in [0.25, 0.3) is 5.65 Å². The fourth-order valence-corrected chi connectivity index (χ4v) is 2.07. The molecule has 0 radical (unpaired) electrons. The van der Waals surface area contributed by atoms with Crippen molar-refractivity contribution in [2.75, 3.05) is 24.7 Å². The van der Waals surface area contributed by atoms with E-state index in [4.69, 9.17) is 0 Å². The van der Waals surface area contributed by atoms with Crippen molar-refractivity contribution in [1.29, 1.82) is 0 Å². The molecule has 9 heteroatoms. The van der Waals surface area contributed by atoms with Crippen molar-refractivity contribution in [3.8, 4) is 0 Å². The van der Waals surface area contributed by atoms with E-state index in [0.29, 0.717) is 24.0 Å². The number of carboxylic acids is 1. The summed E-state index contributed by atoms with van der Waals surface area (Å²) in [4.78, 5) is 28.9. The molecular formula is C19H28N6O3. The second kappa shape index (κ2) is 10.7. The molecule has 3 N–H and O–H groups in total. The number of nitrogens with one attached hydrogen (secondary N) is 2. The lowest BCUT2D eigenvalue weighted by molar-refractivity contribution is -0.104. The SMILES string of the molecule is CC.CNc1cc(N/C(C=O)=C/C=C\N(C)C(C)C)nc2c(C(=O)O)cnn12. The van der Waals surface area contributed by atoms with Gasteiger partial charge >= 0.3 is 5.97 Å². The van der Waals surface area contributed by atoms with E-state index < -0.39 is 5.97 Å². The van der Waals surface area contributed by atoms with Crippen LogP contribution in [0, 0.1) is 0 Å². The van der Waals surface area contributed by atoms with Crippen LogP contribution in [0.2, 0.25) is 0 Å². The number of carboxylic acid groups (broad SMARTS) is 1. The summed E-state index contributed by atoms with van der Waals surface area (Å²) in [5, 5.41) is 19.1. The fourth-order valence-electron chi connectivity index (χ4n) is 2.07. The predicted octanol–water partition coefficient (Wildman–Crippen LogP) is 2.84. The van der Waals surface area contributed by atoms with Crippen LogP contribution < -0.4 is 10.6 Å². The third kappa shape index (κ3) is 5.57. The maximum absolute atomic E-state index is 11.3. The lowest BCUT2D eigenvalue weighted by Gasteiger charge is -2.17. The Kier molecular flexibility index (Phi) is 8.67. The summed E-state index contributed by atoms with van der Waals surface area (Å²) in [6.45, 7) is 8.11. The van der Waals surface area contributed by atoms with Gasteiger partial charge in [0.2, 0.25) is 0 Å². The van der Waals surface area contributed by atoms with Crippen LogP contribution in [0.4, 0.5) is 11.6 Å². The van der Waals surface area contributed by atoms with E-state index in [-0.39, 0.29) is 16.9 Å². The number of nitrogens with zero attached hydrogens (tertiary/aromatic N) is 4. The number of allylic oxidation sites excluding steroid dienone is 3. The Morgan fingerprint density at radius 1 is 1.36 bits per heavy atom. The van der Waals surface area contributed by atoms with Crippen LogP contribution in [-0.4, -0.2) is 57.0 Å². The average Bonchev–Trinajstić information content (AvgIpc) is 3.12. The van der Waals surface area contributed by atoms with Crippen LogP contribution in [0.15, 0.2) is 36.3 Å². The largest absolute Gasteiger partial charge is 0.477 e. The molecule has 152 valence electrons. The molecule has 0 atom stereocenters. The lowest BCUT2D eigenvalue weighted by Crippen LogP contribution is -2.19. The van der Waals surface area contributed by atoms with Gasteiger partial charge in [-0.15, -0.1) is 0 Å². The molecule has 2 heterocycles. The summed E-state index contributed by atoms with van der Waals surface area (Å²) in [6, 6.07) is 1.97. The first-order valence-corrected chi connectivity index (χ1v) is 8.99. The van der Waals surface area contributed by atoms with E-state index in [2.05, 4.69) is 34.6 Å². The number of carbonyl (C=O) groups excluding carboxylic acids is 1. The molecule has 0 spiro atoms. The number of rotatable bonds is 8. The monoisotopic (exact) mass is 388 g/mol. The second-order valence-electron chi connectivity index (χ2n) is 5.84. The lowest BCUT2D eigenvalue weighted by atomic mass is 10.3. The van der Waals surface area contributed by atoms with Gasteiger partial charge in [0.05, 0.1) is 11.9 Å². The summed E-state index contributed by atoms with van der Waals surface area (Å²) in [5.41, 5.74) is 0.432. The summed E-state index contributed by atoms with van der Waals surface area (Å²) >= 11 is 0. The highest BCUT2D eigenvalue weighted by Crippen LogP contribution is 2.19. The highest BCUT2D eigenvalue weighted by molar-refractivity contribution is 5.94. The molecule has 9 nitrogen and oxygen atoms in total. The third-order valence-electron chi connectivity index (χ3n) is 3.77. The number of anilines is 2. The zero-order chi connectivity index (χ0) is 21.3. The smallest absolute Gasteiger partial charge is 0.341 e. The van der Waals surface area contributed by atoms with Crippen molar-refractivity contribution in [1.82, 2.24) is 19.5 Å². The Bertz CT molecular complexity index is 870. The molecule has 0 unspecified atom stereocenters. The van der Waals surface area contributed by atoms with Crippen molar-refractivity contribution in [2.45, 2.75) is 33.7 Å². The molecular weight excluding hydrogens is 360 g/mol. The van der Waals surface area contributed by atoms with Crippen LogP contribution in [-0.2, 0) is 4.79 Å². The van der Waals surface area contributed by atoms with E-state index in [1.807, 2.05) is 32.0 Å². The Morgan fingerprint density at radius 3 is 2.57 bits per heavy atom. The fraction of sp³-hybridized carbons (Fsp3) is 0.368. The zero-order valence-corrected chi connectivity index (χ0v) is 17.1. The van der Waals surface area contributed by atoms with Crippen LogP contribution in [0.1, 0.15) is 38.1 Å². The summed E-state index contributed by atoms with van der Waals surface area (Å²) < 4.78 is 1.39. The summed E-state index contributed by atoms with van der Waals surface area (Å²) in [5.74, 6) is -0.267. The molecule has 2 aromatic rings. The Morgan fingerprint density at radius 2 is 2.04 bits per heavy atom. The molecule has 0 aliphatic rings. The maximum atomic E-state index is 11.3. The van der Waals surface area contributed by atoms with Crippen molar-refractivity contribution in [3.63, 3.8) is 0 Å². The molecule has 0 aromatic carbocycles. The standard InChI is InChI=1S/C17H22N6O3.C2H6/c1-11(2)22(4)7-5-6-12(10-24)20-14-8-15(18-3)23-16(21-14)13(9-19-23)17(25)26;1-2/h5-11,18H,1-4H3,(H,20,21)(H,25,26);1-2H3/b7-5-,12-6+;. The van der Waals surface area contributed by atoms with E-state index in [1.165, 1.54) is 10.7 Å². The highest BCUT2D eigenvalue weighted by atomic mass is 16.4. The molecule has 0 fully saturated rings. The number of carbonyl (C=O) groups is 2. The van der Waals surface area contributed by atoms with Gasteiger partial charge in [-0.05, 0) is 32.2 Å². The van der Waals surface area contributed by atoms with E-state index in [9.17, 15) is 14.7 Å². The van der Waals surface area contributed by atoms with Gasteiger partial charge in [-0.1, -0.05) is 13.8 Å². The van der Waals surface area contributed by atoms with E-state index in [1.54, 1.807) is 25.3 Å². The number of aromatic nitrogens is 3. The summed E-state index contributed by atoms with van der Waals surface area (Å²) in [7, 11) is 3.62. The maximum Gasteiger partial charge on any atom is 0.341 e. The van der Waals surface area contributed by atoms with Gasteiger partial charge in [-0.25, -0.2) is 9.78 Å². The number of hydrogen-bond donors (Lipinski definition) is 3. The van der Waals surface area contributed by atoms with Gasteiger partial charge in [-0.3, -0.25) is 4.79 Å². The molecule has 28 heavy (non-hydrogen) atoms. The van der Waals surface area contributed by atoms with Gasteiger partial charge in [0.25, 0.3) is 0 Å². The average molecular weight is 388 g/mol. The summed E-state index contributed by atoms with van der Waals surface area (Å²) in [6.07, 6.45) is 7.11. The normalized spacial score (nSPS) is 11.3. The molecule has 0 saturated heterocycles. The minimum absolute atomic E-state index is 0.0276. The van der Waals surface area contributed by atoms with Crippen molar-refractivity contribution < 1.29 is 14.7 Å². The van der Waals surface area contributed by atoms with Gasteiger partial charge in [0.1, 0.15) is 17.2 Å². The molecule has 0 aliphatic heterocycles. The van der Waals surface area contributed by atoms with Crippen molar-refractivity contribution in [3.05, 3.63) is 41.9 Å². The van der Waals surface area contributed by atoms with Gasteiger partial charge < -0.3 is 20.6 Å². The molecule has 2 rings (SSSR count). The minimum Gasteiger partial charge on any atom is -0.477 e. The van der Waals surface area contributed by atoms with Gasteiger partial charge in [0.15, 0.2) is 11.9 Å². The van der Waals surface area contributed by atoms with Gasteiger partial charge in [0, 0.05) is 26.2 Å². The highest BCUT2D eigenvalue weighted by Gasteiger charge is 2.16. The van der Waals surface area contributed by atoms with Crippen molar-refractivity contribution in [2.24, 2.45) is 0 Å². The number of fused-ring (bicyclic) bond motifs is 1. The van der Waals surface area contributed by atoms with Crippen LogP contribution in [0.5, 0.6) is 0 Å². The Balaban J connectivity index is 0.00000190. The Hall–Kier alpha value is -3.36. The zero-order valence-electron chi connectivity index (χ0n) is 17.1. The topological polar surface area (TPSA) is 112 Å². The first-order chi connectivity index (χ1) is 13.4. The van der Waals surface area contributed by atoms with E-state index >= 15 is 0 Å². The van der Waals surface area contributed by atoms with Crippen LogP contribution >= 0.6 is 0 Å². The number of hydrogen-bond acceptors (Lipinski definition) is 7. The minimum atomic E-state index is -1.13. The second-order valence-corrected chi connectivity index (χ2v) is 5.84. The quantitative estimate of drug-likeness (QED) is 0.360. The van der Waals surface area contributed by atoms with Crippen LogP contribution in [0.3, 0.4) is 0 Å². The van der Waals surface area contributed by atoms with Gasteiger partial charge in [-0.2, -0.15) is 9.61 Å². The number of aromatic carboxylic acids is 1. The van der Waals surface area contributed by atoms with E-state index in [0.717, 1.165) is 0 Å². The molecule has 2 aromatic heterocycles. The first-order valence-electron chi connectivity index (χ1n) is 8.99. The molecule has 0 aliphatic carbocycles. The third-order valence-corrected chi connectivity index (χ3v) is 3.77. The van der Waals surface area contributed by atoms with Crippen molar-refractivity contribution >= 4 is 29.5 Å².